The van der Waals surface area contributed by atoms with Gasteiger partial charge in [-0.2, -0.15) is 0 Å². The topological polar surface area (TPSA) is 48.0 Å². The fourth-order valence-electron chi connectivity index (χ4n) is 3.10. The second-order valence-corrected chi connectivity index (χ2v) is 9.23. The summed E-state index contributed by atoms with van der Waals surface area (Å²) in [6, 6.07) is 9.67. The Balaban J connectivity index is 1.61. The van der Waals surface area contributed by atoms with E-state index in [4.69, 9.17) is 38.0 Å². The number of hydrogen-bond donors (Lipinski definition) is 0. The van der Waals surface area contributed by atoms with Crippen LogP contribution >= 0.6 is 35.6 Å². The summed E-state index contributed by atoms with van der Waals surface area (Å²) in [7, 11) is 3.21. The molecule has 0 spiro atoms. The van der Waals surface area contributed by atoms with Crippen LogP contribution in [0.2, 0.25) is 5.02 Å². The smallest absolute Gasteiger partial charge is 0.265 e. The van der Waals surface area contributed by atoms with Crippen LogP contribution in [0.3, 0.4) is 0 Å². The highest BCUT2D eigenvalue weighted by Crippen LogP contribution is 2.38. The molecule has 2 aromatic rings. The van der Waals surface area contributed by atoms with E-state index in [1.807, 2.05) is 26.0 Å². The SMILES string of the molecule is COc1cc(/C=C2/SC(=S)N(C)C2=O)cc(Cl)c1OCCCOc1cc(C)cc(C)c1. The van der Waals surface area contributed by atoms with E-state index in [1.54, 1.807) is 32.4 Å². The third kappa shape index (κ3) is 5.93. The number of carbonyl (C=O) groups is 1. The summed E-state index contributed by atoms with van der Waals surface area (Å²) in [5.74, 6) is 1.70. The number of benzene rings is 2. The van der Waals surface area contributed by atoms with Gasteiger partial charge >= 0.3 is 0 Å². The summed E-state index contributed by atoms with van der Waals surface area (Å²) in [6.45, 7) is 5.05. The van der Waals surface area contributed by atoms with Crippen molar-refractivity contribution in [2.45, 2.75) is 20.3 Å². The second-order valence-electron chi connectivity index (χ2n) is 7.15. The van der Waals surface area contributed by atoms with E-state index in [0.29, 0.717) is 45.4 Å². The molecule has 3 rings (SSSR count). The molecule has 1 amide bonds. The van der Waals surface area contributed by atoms with E-state index >= 15 is 0 Å². The van der Waals surface area contributed by atoms with Crippen molar-refractivity contribution in [1.82, 2.24) is 4.90 Å². The Bertz CT molecular complexity index is 1020. The minimum atomic E-state index is -0.130. The van der Waals surface area contributed by atoms with E-state index < -0.39 is 0 Å². The van der Waals surface area contributed by atoms with Gasteiger partial charge in [0.05, 0.1) is 30.3 Å². The van der Waals surface area contributed by atoms with E-state index in [1.165, 1.54) is 27.8 Å². The highest BCUT2D eigenvalue weighted by Gasteiger charge is 2.28. The first kappa shape index (κ1) is 23.4. The molecule has 2 aromatic carbocycles. The van der Waals surface area contributed by atoms with Gasteiger partial charge in [-0.1, -0.05) is 41.6 Å². The van der Waals surface area contributed by atoms with Gasteiger partial charge in [0.2, 0.25) is 0 Å². The zero-order chi connectivity index (χ0) is 22.5. The predicted molar refractivity (Wildman–Crippen MR) is 130 cm³/mol. The number of aryl methyl sites for hydroxylation is 2. The summed E-state index contributed by atoms with van der Waals surface area (Å²) >= 11 is 12.9. The zero-order valence-electron chi connectivity index (χ0n) is 17.9. The van der Waals surface area contributed by atoms with E-state index in [2.05, 4.69) is 6.07 Å². The molecule has 0 unspecified atom stereocenters. The first-order valence-electron chi connectivity index (χ1n) is 9.71. The molecule has 0 N–H and O–H groups in total. The van der Waals surface area contributed by atoms with Crippen molar-refractivity contribution in [3.8, 4) is 17.2 Å². The summed E-state index contributed by atoms with van der Waals surface area (Å²) in [5, 5.41) is 0.410. The Kier molecular flexibility index (Phi) is 7.86. The predicted octanol–water partition coefficient (Wildman–Crippen LogP) is 5.64. The molecule has 8 heteroatoms. The molecular weight excluding hydrogens is 454 g/mol. The average Bonchev–Trinajstić information content (AvgIpc) is 2.94. The van der Waals surface area contributed by atoms with Crippen LogP contribution in [0, 0.1) is 13.8 Å². The Hall–Kier alpha value is -2.22. The Labute approximate surface area is 197 Å². The number of hydrogen-bond acceptors (Lipinski definition) is 6. The molecule has 5 nitrogen and oxygen atoms in total. The lowest BCUT2D eigenvalue weighted by Gasteiger charge is -2.14. The highest BCUT2D eigenvalue weighted by atomic mass is 35.5. The van der Waals surface area contributed by atoms with Crippen molar-refractivity contribution in [3.63, 3.8) is 0 Å². The number of methoxy groups -OCH3 is 1. The van der Waals surface area contributed by atoms with Gasteiger partial charge in [-0.3, -0.25) is 9.69 Å². The van der Waals surface area contributed by atoms with Gasteiger partial charge in [0.1, 0.15) is 10.1 Å². The lowest BCUT2D eigenvalue weighted by molar-refractivity contribution is -0.121. The van der Waals surface area contributed by atoms with Gasteiger partial charge < -0.3 is 14.2 Å². The third-order valence-corrected chi connectivity index (χ3v) is 6.30. The number of carbonyl (C=O) groups excluding carboxylic acids is 1. The molecule has 1 heterocycles. The molecule has 1 saturated heterocycles. The molecular formula is C23H24ClNO4S2. The van der Waals surface area contributed by atoms with Crippen molar-refractivity contribution in [3.05, 3.63) is 56.9 Å². The molecule has 0 bridgehead atoms. The number of thioether (sulfide) groups is 1. The van der Waals surface area contributed by atoms with E-state index in [9.17, 15) is 4.79 Å². The number of halogens is 1. The van der Waals surface area contributed by atoms with Crippen LogP contribution < -0.4 is 14.2 Å². The van der Waals surface area contributed by atoms with Gasteiger partial charge in [-0.25, -0.2) is 0 Å². The van der Waals surface area contributed by atoms with Gasteiger partial charge in [0.25, 0.3) is 5.91 Å². The number of ether oxygens (including phenoxy) is 3. The number of amides is 1. The maximum atomic E-state index is 12.2. The van der Waals surface area contributed by atoms with Crippen LogP contribution in [0.25, 0.3) is 6.08 Å². The van der Waals surface area contributed by atoms with Gasteiger partial charge in [-0.15, -0.1) is 0 Å². The molecule has 1 fully saturated rings. The number of rotatable bonds is 8. The molecule has 1 aliphatic rings. The Morgan fingerprint density at radius 2 is 1.77 bits per heavy atom. The minimum absolute atomic E-state index is 0.130. The molecule has 0 aromatic heterocycles. The standard InChI is InChI=1S/C23H24ClNO4S2/c1-14-8-15(2)10-17(9-14)28-6-5-7-29-21-18(24)11-16(12-19(21)27-4)13-20-22(26)25(3)23(30)31-20/h8-13H,5-7H2,1-4H3/b20-13+. The summed E-state index contributed by atoms with van der Waals surface area (Å²) < 4.78 is 17.7. The summed E-state index contributed by atoms with van der Waals surface area (Å²) in [5.41, 5.74) is 3.08. The minimum Gasteiger partial charge on any atom is -0.493 e. The Morgan fingerprint density at radius 3 is 2.39 bits per heavy atom. The van der Waals surface area contributed by atoms with Crippen molar-refractivity contribution in [1.29, 1.82) is 0 Å². The van der Waals surface area contributed by atoms with Crippen molar-refractivity contribution in [2.24, 2.45) is 0 Å². The first-order valence-corrected chi connectivity index (χ1v) is 11.3. The molecule has 0 atom stereocenters. The fourth-order valence-corrected chi connectivity index (χ4v) is 4.55. The van der Waals surface area contributed by atoms with E-state index in [0.717, 1.165) is 11.3 Å². The molecule has 164 valence electrons. The third-order valence-electron chi connectivity index (χ3n) is 4.54. The largest absolute Gasteiger partial charge is 0.493 e. The summed E-state index contributed by atoms with van der Waals surface area (Å²) in [4.78, 5) is 14.2. The average molecular weight is 478 g/mol. The lowest BCUT2D eigenvalue weighted by atomic mass is 10.1. The molecule has 0 saturated carbocycles. The zero-order valence-corrected chi connectivity index (χ0v) is 20.2. The van der Waals surface area contributed by atoms with Crippen LogP contribution in [0.15, 0.2) is 35.2 Å². The van der Waals surface area contributed by atoms with Crippen LogP contribution in [0.5, 0.6) is 17.2 Å². The highest BCUT2D eigenvalue weighted by molar-refractivity contribution is 8.26. The van der Waals surface area contributed by atoms with Crippen LogP contribution in [0.1, 0.15) is 23.1 Å². The quantitative estimate of drug-likeness (QED) is 0.278. The van der Waals surface area contributed by atoms with Gasteiger partial charge in [0.15, 0.2) is 11.5 Å². The van der Waals surface area contributed by atoms with Gasteiger partial charge in [0, 0.05) is 13.5 Å². The van der Waals surface area contributed by atoms with Crippen LogP contribution in [-0.2, 0) is 4.79 Å². The molecule has 0 radical (unpaired) electrons. The summed E-state index contributed by atoms with van der Waals surface area (Å²) in [6.07, 6.45) is 2.44. The molecule has 31 heavy (non-hydrogen) atoms. The lowest BCUT2D eigenvalue weighted by Crippen LogP contribution is -2.22. The number of thiocarbonyl (C=S) groups is 1. The van der Waals surface area contributed by atoms with Crippen molar-refractivity contribution < 1.29 is 19.0 Å². The van der Waals surface area contributed by atoms with E-state index in [-0.39, 0.29) is 5.91 Å². The van der Waals surface area contributed by atoms with Crippen LogP contribution in [0.4, 0.5) is 0 Å². The maximum absolute atomic E-state index is 12.2. The normalized spacial score (nSPS) is 15.0. The Morgan fingerprint density at radius 1 is 1.10 bits per heavy atom. The van der Waals surface area contributed by atoms with Crippen molar-refractivity contribution in [2.75, 3.05) is 27.4 Å². The number of nitrogens with zero attached hydrogens (tertiary/aromatic N) is 1. The first-order chi connectivity index (χ1) is 14.8. The second kappa shape index (κ2) is 10.4. The molecule has 1 aliphatic heterocycles. The maximum Gasteiger partial charge on any atom is 0.265 e. The fraction of sp³-hybridized carbons (Fsp3) is 0.304. The molecule has 0 aliphatic carbocycles. The van der Waals surface area contributed by atoms with Gasteiger partial charge in [-0.05, 0) is 60.9 Å². The monoisotopic (exact) mass is 477 g/mol. The number of likely N-dealkylation sites (N-methyl/N-ethyl adjacent to an activating group) is 1. The van der Waals surface area contributed by atoms with Crippen molar-refractivity contribution >= 4 is 51.9 Å². The van der Waals surface area contributed by atoms with Crippen LogP contribution in [-0.4, -0.2) is 42.5 Å².